The molecule has 0 saturated carbocycles. The Balaban J connectivity index is 1.83. The lowest BCUT2D eigenvalue weighted by Crippen LogP contribution is -2.22. The first-order chi connectivity index (χ1) is 14.6. The Bertz CT molecular complexity index is 1150. The Hall–Kier alpha value is -2.82. The molecule has 0 unspecified atom stereocenters. The lowest BCUT2D eigenvalue weighted by molar-refractivity contribution is 0.296. The van der Waals surface area contributed by atoms with Crippen molar-refractivity contribution in [2.75, 3.05) is 18.5 Å². The van der Waals surface area contributed by atoms with Crippen LogP contribution in [-0.4, -0.2) is 27.6 Å². The van der Waals surface area contributed by atoms with Gasteiger partial charge in [0.1, 0.15) is 0 Å². The van der Waals surface area contributed by atoms with Gasteiger partial charge in [0.25, 0.3) is 0 Å². The smallest absolute Gasteiger partial charge is 0.0744 e. The average Bonchev–Trinajstić information content (AvgIpc) is 3.07. The monoisotopic (exact) mass is 418 g/mol. The predicted molar refractivity (Wildman–Crippen MR) is 127 cm³/mol. The number of aryl methyl sites for hydroxylation is 1. The molecular weight excluding hydrogens is 392 g/mol. The molecule has 0 aliphatic carbocycles. The summed E-state index contributed by atoms with van der Waals surface area (Å²) in [6.45, 7) is 9.53. The molecule has 5 heteroatoms. The second-order valence-corrected chi connectivity index (χ2v) is 7.89. The number of anilines is 1. The number of fused-ring (bicyclic) bond motifs is 1. The van der Waals surface area contributed by atoms with E-state index in [1.807, 2.05) is 30.5 Å². The van der Waals surface area contributed by atoms with Crippen LogP contribution < -0.4 is 5.43 Å². The molecule has 2 aromatic heterocycles. The van der Waals surface area contributed by atoms with E-state index < -0.39 is 0 Å². The molecule has 4 rings (SSSR count). The molecule has 30 heavy (non-hydrogen) atoms. The van der Waals surface area contributed by atoms with Crippen LogP contribution in [0.1, 0.15) is 25.1 Å². The Morgan fingerprint density at radius 1 is 1.00 bits per heavy atom. The third kappa shape index (κ3) is 4.07. The molecule has 4 nitrogen and oxygen atoms in total. The number of rotatable bonds is 7. The van der Waals surface area contributed by atoms with Crippen molar-refractivity contribution in [1.29, 1.82) is 0 Å². The highest BCUT2D eigenvalue weighted by Crippen LogP contribution is 2.31. The highest BCUT2D eigenvalue weighted by atomic mass is 35.5. The normalized spacial score (nSPS) is 11.4. The van der Waals surface area contributed by atoms with Gasteiger partial charge in [-0.3, -0.25) is 20.0 Å². The first kappa shape index (κ1) is 20.5. The fourth-order valence-corrected chi connectivity index (χ4v) is 4.07. The van der Waals surface area contributed by atoms with Crippen molar-refractivity contribution in [3.05, 3.63) is 83.1 Å². The number of hydrogen-bond donors (Lipinski definition) is 1. The highest BCUT2D eigenvalue weighted by molar-refractivity contribution is 6.31. The fourth-order valence-electron chi connectivity index (χ4n) is 3.91. The maximum Gasteiger partial charge on any atom is 0.0744 e. The molecular formula is C25H27ClN4. The van der Waals surface area contributed by atoms with Crippen molar-refractivity contribution in [3.8, 4) is 11.3 Å². The summed E-state index contributed by atoms with van der Waals surface area (Å²) < 4.78 is 2.19. The van der Waals surface area contributed by atoms with Gasteiger partial charge >= 0.3 is 0 Å². The van der Waals surface area contributed by atoms with Gasteiger partial charge in [0.15, 0.2) is 0 Å². The van der Waals surface area contributed by atoms with Crippen LogP contribution in [0.15, 0.2) is 66.9 Å². The molecule has 0 radical (unpaired) electrons. The van der Waals surface area contributed by atoms with Gasteiger partial charge in [-0.1, -0.05) is 55.8 Å². The molecule has 0 atom stereocenters. The number of pyridine rings is 1. The first-order valence-electron chi connectivity index (χ1n) is 10.4. The van der Waals surface area contributed by atoms with Crippen LogP contribution in [0.5, 0.6) is 0 Å². The molecule has 0 aliphatic rings. The maximum absolute atomic E-state index is 6.17. The van der Waals surface area contributed by atoms with E-state index in [-0.39, 0.29) is 0 Å². The zero-order valence-corrected chi connectivity index (χ0v) is 18.4. The number of nitrogens with zero attached hydrogens (tertiary/aromatic N) is 3. The van der Waals surface area contributed by atoms with Crippen LogP contribution in [0, 0.1) is 6.92 Å². The number of hydrogen-bond acceptors (Lipinski definition) is 3. The number of benzene rings is 2. The number of aromatic nitrogens is 2. The van der Waals surface area contributed by atoms with Gasteiger partial charge in [-0.25, -0.2) is 0 Å². The van der Waals surface area contributed by atoms with Crippen LogP contribution in [0.3, 0.4) is 0 Å². The zero-order chi connectivity index (χ0) is 21.1. The quantitative estimate of drug-likeness (QED) is 0.378. The summed E-state index contributed by atoms with van der Waals surface area (Å²) in [5.74, 6) is 0. The first-order valence-corrected chi connectivity index (χ1v) is 10.8. The van der Waals surface area contributed by atoms with E-state index >= 15 is 0 Å². The van der Waals surface area contributed by atoms with Gasteiger partial charge < -0.3 is 0 Å². The van der Waals surface area contributed by atoms with Gasteiger partial charge in [0, 0.05) is 34.4 Å². The standard InChI is InChI=1S/C25H27ClN4/c1-4-29(5-2)17-20-15-18(3)30(25(20)19-9-7-6-8-10-19)28-23-13-14-27-24-16-21(26)11-12-22(23)24/h6-16H,4-5,17H2,1-3H3,(H,27,28). The molecule has 0 bridgehead atoms. The fraction of sp³-hybridized carbons (Fsp3) is 0.240. The van der Waals surface area contributed by atoms with Gasteiger partial charge in [0.2, 0.25) is 0 Å². The molecule has 2 heterocycles. The van der Waals surface area contributed by atoms with Crippen LogP contribution in [0.2, 0.25) is 5.02 Å². The molecule has 0 fully saturated rings. The minimum Gasteiger partial charge on any atom is -0.300 e. The van der Waals surface area contributed by atoms with E-state index in [4.69, 9.17) is 11.6 Å². The van der Waals surface area contributed by atoms with E-state index in [9.17, 15) is 0 Å². The summed E-state index contributed by atoms with van der Waals surface area (Å²) in [6.07, 6.45) is 1.82. The van der Waals surface area contributed by atoms with Crippen LogP contribution in [0.4, 0.5) is 5.69 Å². The van der Waals surface area contributed by atoms with E-state index in [2.05, 4.69) is 77.2 Å². The Morgan fingerprint density at radius 3 is 2.50 bits per heavy atom. The number of nitrogens with one attached hydrogen (secondary N) is 1. The second kappa shape index (κ2) is 8.90. The third-order valence-corrected chi connectivity index (χ3v) is 5.77. The van der Waals surface area contributed by atoms with Crippen molar-refractivity contribution < 1.29 is 0 Å². The molecule has 0 amide bonds. The van der Waals surface area contributed by atoms with E-state index in [1.54, 1.807) is 0 Å². The van der Waals surface area contributed by atoms with E-state index in [1.165, 1.54) is 16.8 Å². The molecule has 1 N–H and O–H groups in total. The minimum atomic E-state index is 0.691. The summed E-state index contributed by atoms with van der Waals surface area (Å²) in [6, 6.07) is 20.7. The van der Waals surface area contributed by atoms with Crippen molar-refractivity contribution in [2.24, 2.45) is 0 Å². The van der Waals surface area contributed by atoms with Crippen molar-refractivity contribution in [2.45, 2.75) is 27.3 Å². The Labute approximate surface area is 183 Å². The average molecular weight is 419 g/mol. The van der Waals surface area contributed by atoms with Crippen LogP contribution >= 0.6 is 11.6 Å². The predicted octanol–water partition coefficient (Wildman–Crippen LogP) is 6.38. The Kier molecular flexibility index (Phi) is 6.07. The lowest BCUT2D eigenvalue weighted by Gasteiger charge is -2.20. The summed E-state index contributed by atoms with van der Waals surface area (Å²) in [4.78, 5) is 6.91. The molecule has 0 spiro atoms. The molecule has 0 saturated heterocycles. The van der Waals surface area contributed by atoms with E-state index in [0.717, 1.165) is 41.9 Å². The largest absolute Gasteiger partial charge is 0.300 e. The summed E-state index contributed by atoms with van der Waals surface area (Å²) in [5.41, 5.74) is 10.4. The lowest BCUT2D eigenvalue weighted by atomic mass is 10.1. The van der Waals surface area contributed by atoms with Crippen molar-refractivity contribution in [1.82, 2.24) is 14.6 Å². The molecule has 0 aliphatic heterocycles. The van der Waals surface area contributed by atoms with Gasteiger partial charge in [-0.05, 0) is 55.9 Å². The molecule has 2 aromatic carbocycles. The zero-order valence-electron chi connectivity index (χ0n) is 17.7. The molecule has 4 aromatic rings. The van der Waals surface area contributed by atoms with Gasteiger partial charge in [-0.2, -0.15) is 0 Å². The maximum atomic E-state index is 6.17. The second-order valence-electron chi connectivity index (χ2n) is 7.45. The topological polar surface area (TPSA) is 33.1 Å². The minimum absolute atomic E-state index is 0.691. The highest BCUT2D eigenvalue weighted by Gasteiger charge is 2.17. The van der Waals surface area contributed by atoms with Crippen molar-refractivity contribution in [3.63, 3.8) is 0 Å². The number of halogens is 1. The van der Waals surface area contributed by atoms with Crippen LogP contribution in [0.25, 0.3) is 22.2 Å². The van der Waals surface area contributed by atoms with Crippen LogP contribution in [-0.2, 0) is 6.54 Å². The summed E-state index contributed by atoms with van der Waals surface area (Å²) in [7, 11) is 0. The van der Waals surface area contributed by atoms with Gasteiger partial charge in [-0.15, -0.1) is 0 Å². The SMILES string of the molecule is CCN(CC)Cc1cc(C)n(Nc2ccnc3cc(Cl)ccc23)c1-c1ccccc1. The Morgan fingerprint density at radius 2 is 1.77 bits per heavy atom. The summed E-state index contributed by atoms with van der Waals surface area (Å²) >= 11 is 6.17. The third-order valence-electron chi connectivity index (χ3n) is 5.54. The summed E-state index contributed by atoms with van der Waals surface area (Å²) in [5, 5.41) is 1.73. The van der Waals surface area contributed by atoms with Crippen molar-refractivity contribution >= 4 is 28.2 Å². The molecule has 154 valence electrons. The van der Waals surface area contributed by atoms with Gasteiger partial charge in [0.05, 0.1) is 16.9 Å². The van der Waals surface area contributed by atoms with E-state index in [0.29, 0.717) is 5.02 Å².